The lowest BCUT2D eigenvalue weighted by Crippen LogP contribution is -2.50. The lowest BCUT2D eigenvalue weighted by Gasteiger charge is -2.28. The molecule has 0 aliphatic carbocycles. The monoisotopic (exact) mass is 380 g/mol. The van der Waals surface area contributed by atoms with E-state index in [9.17, 15) is 22.6 Å². The molecule has 0 aromatic rings. The molecule has 0 aromatic carbocycles. The summed E-state index contributed by atoms with van der Waals surface area (Å²) in [4.78, 5) is 24.6. The summed E-state index contributed by atoms with van der Waals surface area (Å²) in [7, 11) is -4.88. The second-order valence-corrected chi connectivity index (χ2v) is 9.38. The second-order valence-electron chi connectivity index (χ2n) is 7.65. The molecule has 1 N–H and O–H groups in total. The Balaban J connectivity index is 5.61. The van der Waals surface area contributed by atoms with Gasteiger partial charge in [-0.3, -0.25) is 14.1 Å². The average Bonchev–Trinajstić information content (AvgIpc) is 2.45. The first kappa shape index (κ1) is 23.9. The van der Waals surface area contributed by atoms with Gasteiger partial charge < -0.3 is 9.47 Å². The molecule has 25 heavy (non-hydrogen) atoms. The quantitative estimate of drug-likeness (QED) is 0.434. The molecule has 0 aliphatic rings. The Kier molecular flexibility index (Phi) is 9.64. The van der Waals surface area contributed by atoms with E-state index >= 15 is 0 Å². The van der Waals surface area contributed by atoms with Crippen molar-refractivity contribution >= 4 is 22.1 Å². The van der Waals surface area contributed by atoms with Crippen LogP contribution in [0.25, 0.3) is 0 Å². The molecule has 7 nitrogen and oxygen atoms in total. The Hall–Kier alpha value is -1.15. The summed E-state index contributed by atoms with van der Waals surface area (Å²) in [5, 5.41) is 0. The first-order valence-corrected chi connectivity index (χ1v) is 10.1. The molecular formula is C17H32O7S. The third-order valence-corrected chi connectivity index (χ3v) is 5.05. The zero-order valence-corrected chi connectivity index (χ0v) is 16.9. The van der Waals surface area contributed by atoms with Gasteiger partial charge >= 0.3 is 11.9 Å². The smallest absolute Gasteiger partial charge is 0.330 e. The lowest BCUT2D eigenvalue weighted by atomic mass is 9.94. The van der Waals surface area contributed by atoms with Crippen LogP contribution in [-0.2, 0) is 29.2 Å². The number of hydrogen-bond donors (Lipinski definition) is 1. The molecule has 148 valence electrons. The van der Waals surface area contributed by atoms with Gasteiger partial charge in [0.1, 0.15) is 0 Å². The van der Waals surface area contributed by atoms with Gasteiger partial charge in [0.05, 0.1) is 19.6 Å². The molecular weight excluding hydrogens is 348 g/mol. The standard InChI is InChI=1S/C17H32O7S/c1-12(2)7-8-17(25(20,21)22,16(19)24-11-14(5)6)9-15(18)23-10-13(3)4/h12-14H,7-11H2,1-6H3,(H,20,21,22). The first-order valence-electron chi connectivity index (χ1n) is 8.61. The van der Waals surface area contributed by atoms with Gasteiger partial charge in [-0.05, 0) is 30.6 Å². The molecule has 0 spiro atoms. The highest BCUT2D eigenvalue weighted by Crippen LogP contribution is 2.31. The van der Waals surface area contributed by atoms with Crippen molar-refractivity contribution in [3.8, 4) is 0 Å². The Morgan fingerprint density at radius 1 is 0.920 bits per heavy atom. The van der Waals surface area contributed by atoms with Crippen molar-refractivity contribution in [2.45, 2.75) is 65.6 Å². The van der Waals surface area contributed by atoms with Crippen LogP contribution in [0.15, 0.2) is 0 Å². The molecule has 0 rings (SSSR count). The number of carbonyl (C=O) groups is 2. The van der Waals surface area contributed by atoms with E-state index < -0.39 is 33.2 Å². The zero-order valence-electron chi connectivity index (χ0n) is 16.1. The van der Waals surface area contributed by atoms with Crippen molar-refractivity contribution in [2.24, 2.45) is 17.8 Å². The van der Waals surface area contributed by atoms with Gasteiger partial charge in [0.15, 0.2) is 0 Å². The van der Waals surface area contributed by atoms with Crippen LogP contribution in [0.3, 0.4) is 0 Å². The van der Waals surface area contributed by atoms with E-state index in [0.717, 1.165) is 0 Å². The van der Waals surface area contributed by atoms with Crippen LogP contribution in [0.1, 0.15) is 60.8 Å². The van der Waals surface area contributed by atoms with E-state index in [4.69, 9.17) is 9.47 Å². The van der Waals surface area contributed by atoms with E-state index in [-0.39, 0.29) is 37.4 Å². The maximum absolute atomic E-state index is 12.5. The fourth-order valence-corrected chi connectivity index (χ4v) is 2.97. The highest BCUT2D eigenvalue weighted by atomic mass is 32.2. The zero-order chi connectivity index (χ0) is 19.8. The van der Waals surface area contributed by atoms with Gasteiger partial charge in [-0.1, -0.05) is 41.5 Å². The summed E-state index contributed by atoms with van der Waals surface area (Å²) in [6.45, 7) is 11.1. The van der Waals surface area contributed by atoms with Crippen molar-refractivity contribution in [3.63, 3.8) is 0 Å². The Bertz CT molecular complexity index is 537. The highest BCUT2D eigenvalue weighted by molar-refractivity contribution is 7.88. The molecule has 1 atom stereocenters. The Morgan fingerprint density at radius 2 is 1.40 bits per heavy atom. The molecule has 0 aromatic heterocycles. The maximum atomic E-state index is 12.5. The summed E-state index contributed by atoms with van der Waals surface area (Å²) in [6.07, 6.45) is -0.645. The van der Waals surface area contributed by atoms with E-state index in [1.807, 2.05) is 27.7 Å². The van der Waals surface area contributed by atoms with E-state index in [0.29, 0.717) is 6.42 Å². The number of carbonyl (C=O) groups excluding carboxylic acids is 2. The molecule has 0 aliphatic heterocycles. The van der Waals surface area contributed by atoms with Gasteiger partial charge in [0.2, 0.25) is 4.75 Å². The van der Waals surface area contributed by atoms with Crippen LogP contribution < -0.4 is 0 Å². The molecule has 0 bridgehead atoms. The first-order chi connectivity index (χ1) is 11.3. The normalized spacial score (nSPS) is 14.6. The summed E-state index contributed by atoms with van der Waals surface area (Å²) >= 11 is 0. The average molecular weight is 381 g/mol. The predicted molar refractivity (Wildman–Crippen MR) is 94.6 cm³/mol. The van der Waals surface area contributed by atoms with Crippen LogP contribution in [0.4, 0.5) is 0 Å². The van der Waals surface area contributed by atoms with Crippen molar-refractivity contribution in [1.29, 1.82) is 0 Å². The van der Waals surface area contributed by atoms with Crippen molar-refractivity contribution < 1.29 is 32.0 Å². The lowest BCUT2D eigenvalue weighted by molar-refractivity contribution is -0.155. The SMILES string of the molecule is CC(C)CCC(CC(=O)OCC(C)C)(C(=O)OCC(C)C)S(=O)(=O)O. The summed E-state index contributed by atoms with van der Waals surface area (Å²) in [5.74, 6) is -1.83. The van der Waals surface area contributed by atoms with Crippen LogP contribution in [0.2, 0.25) is 0 Å². The Labute approximate surface area is 151 Å². The number of rotatable bonds is 11. The minimum atomic E-state index is -4.88. The predicted octanol–water partition coefficient (Wildman–Crippen LogP) is 2.84. The molecule has 0 saturated carbocycles. The van der Waals surface area contributed by atoms with E-state index in [1.54, 1.807) is 13.8 Å². The number of hydrogen-bond acceptors (Lipinski definition) is 6. The van der Waals surface area contributed by atoms with Crippen LogP contribution in [-0.4, -0.2) is 42.9 Å². The minimum absolute atomic E-state index is 0.00117. The third-order valence-electron chi connectivity index (χ3n) is 3.55. The van der Waals surface area contributed by atoms with Crippen LogP contribution >= 0.6 is 0 Å². The fourth-order valence-electron chi connectivity index (χ4n) is 2.03. The molecule has 0 heterocycles. The van der Waals surface area contributed by atoms with Crippen molar-refractivity contribution in [1.82, 2.24) is 0 Å². The summed E-state index contributed by atoms with van der Waals surface area (Å²) in [5.41, 5.74) is 0. The minimum Gasteiger partial charge on any atom is -0.465 e. The summed E-state index contributed by atoms with van der Waals surface area (Å²) in [6, 6.07) is 0. The van der Waals surface area contributed by atoms with Crippen molar-refractivity contribution in [3.05, 3.63) is 0 Å². The van der Waals surface area contributed by atoms with Gasteiger partial charge in [0.25, 0.3) is 10.1 Å². The molecule has 0 radical (unpaired) electrons. The van der Waals surface area contributed by atoms with Crippen LogP contribution in [0.5, 0.6) is 0 Å². The largest absolute Gasteiger partial charge is 0.465 e. The third kappa shape index (κ3) is 8.18. The van der Waals surface area contributed by atoms with Crippen LogP contribution in [0, 0.1) is 17.8 Å². The van der Waals surface area contributed by atoms with Gasteiger partial charge in [-0.25, -0.2) is 0 Å². The topological polar surface area (TPSA) is 107 Å². The van der Waals surface area contributed by atoms with E-state index in [1.165, 1.54) is 0 Å². The second kappa shape index (κ2) is 10.1. The van der Waals surface area contributed by atoms with Gasteiger partial charge in [0, 0.05) is 0 Å². The molecule has 8 heteroatoms. The molecule has 0 saturated heterocycles. The fraction of sp³-hybridized carbons (Fsp3) is 0.882. The number of ether oxygens (including phenoxy) is 2. The van der Waals surface area contributed by atoms with E-state index in [2.05, 4.69) is 0 Å². The molecule has 1 unspecified atom stereocenters. The molecule has 0 amide bonds. The highest BCUT2D eigenvalue weighted by Gasteiger charge is 2.53. The van der Waals surface area contributed by atoms with Crippen molar-refractivity contribution in [2.75, 3.05) is 13.2 Å². The Morgan fingerprint density at radius 3 is 1.80 bits per heavy atom. The number of esters is 2. The van der Waals surface area contributed by atoms with Gasteiger partial charge in [-0.2, -0.15) is 8.42 Å². The molecule has 0 fully saturated rings. The van der Waals surface area contributed by atoms with Gasteiger partial charge in [-0.15, -0.1) is 0 Å². The summed E-state index contributed by atoms with van der Waals surface area (Å²) < 4.78 is 41.7. The maximum Gasteiger partial charge on any atom is 0.330 e.